The summed E-state index contributed by atoms with van der Waals surface area (Å²) in [7, 11) is 1.53. The van der Waals surface area contributed by atoms with Crippen molar-refractivity contribution in [3.63, 3.8) is 0 Å². The average molecular weight is 328 g/mol. The molecule has 0 aliphatic rings. The van der Waals surface area contributed by atoms with E-state index in [4.69, 9.17) is 16.3 Å². The van der Waals surface area contributed by atoms with Crippen LogP contribution in [-0.2, 0) is 10.5 Å². The Morgan fingerprint density at radius 1 is 1.38 bits per heavy atom. The van der Waals surface area contributed by atoms with Gasteiger partial charge in [-0.1, -0.05) is 11.6 Å². The SMILES string of the molecule is COc1ccc(NC(=O)CSCc2cc(=O)[nH][nH]2)cc1Cl. The molecular formula is C13H14ClN3O3S. The molecule has 0 bridgehead atoms. The number of carbonyl (C=O) groups excluding carboxylic acids is 1. The Morgan fingerprint density at radius 2 is 2.19 bits per heavy atom. The molecule has 1 aromatic heterocycles. The minimum Gasteiger partial charge on any atom is -0.495 e. The maximum absolute atomic E-state index is 11.8. The molecule has 0 spiro atoms. The summed E-state index contributed by atoms with van der Waals surface area (Å²) in [6, 6.07) is 6.51. The first kappa shape index (κ1) is 15.5. The summed E-state index contributed by atoms with van der Waals surface area (Å²) in [4.78, 5) is 22.7. The summed E-state index contributed by atoms with van der Waals surface area (Å²) in [6.07, 6.45) is 0. The molecule has 0 radical (unpaired) electrons. The fourth-order valence-corrected chi connectivity index (χ4v) is 2.64. The lowest BCUT2D eigenvalue weighted by molar-refractivity contribution is -0.113. The van der Waals surface area contributed by atoms with E-state index in [2.05, 4.69) is 15.5 Å². The van der Waals surface area contributed by atoms with E-state index in [-0.39, 0.29) is 17.2 Å². The zero-order chi connectivity index (χ0) is 15.2. The number of nitrogens with one attached hydrogen (secondary N) is 3. The third-order valence-electron chi connectivity index (χ3n) is 2.58. The number of carbonyl (C=O) groups is 1. The van der Waals surface area contributed by atoms with Crippen LogP contribution >= 0.6 is 23.4 Å². The van der Waals surface area contributed by atoms with Crippen LogP contribution in [0.15, 0.2) is 29.1 Å². The standard InChI is InChI=1S/C13H14ClN3O3S/c1-20-11-3-2-8(4-10(11)14)15-13(19)7-21-6-9-5-12(18)17-16-9/h2-5H,6-7H2,1H3,(H,15,19)(H2,16,17,18). The molecule has 0 aliphatic heterocycles. The molecule has 0 atom stereocenters. The van der Waals surface area contributed by atoms with E-state index in [0.29, 0.717) is 22.2 Å². The molecule has 2 aromatic rings. The molecule has 1 amide bonds. The number of ether oxygens (including phenoxy) is 1. The number of thioether (sulfide) groups is 1. The Labute approximate surface area is 130 Å². The Kier molecular flexibility index (Phi) is 5.35. The van der Waals surface area contributed by atoms with Crippen LogP contribution in [0.5, 0.6) is 5.75 Å². The zero-order valence-electron chi connectivity index (χ0n) is 11.2. The van der Waals surface area contributed by atoms with Crippen LogP contribution in [0.1, 0.15) is 5.69 Å². The predicted molar refractivity (Wildman–Crippen MR) is 84.2 cm³/mol. The van der Waals surface area contributed by atoms with Gasteiger partial charge in [-0.25, -0.2) is 0 Å². The van der Waals surface area contributed by atoms with E-state index in [1.807, 2.05) is 0 Å². The molecule has 1 heterocycles. The van der Waals surface area contributed by atoms with Crippen molar-refractivity contribution in [3.8, 4) is 5.75 Å². The van der Waals surface area contributed by atoms with Crippen molar-refractivity contribution >= 4 is 35.0 Å². The van der Waals surface area contributed by atoms with Crippen LogP contribution in [0, 0.1) is 0 Å². The van der Waals surface area contributed by atoms with Crippen molar-refractivity contribution in [2.45, 2.75) is 5.75 Å². The molecule has 6 nitrogen and oxygen atoms in total. The molecule has 112 valence electrons. The van der Waals surface area contributed by atoms with Gasteiger partial charge in [0.25, 0.3) is 5.56 Å². The topological polar surface area (TPSA) is 87.0 Å². The molecule has 0 aliphatic carbocycles. The van der Waals surface area contributed by atoms with Gasteiger partial charge in [-0.15, -0.1) is 11.8 Å². The highest BCUT2D eigenvalue weighted by molar-refractivity contribution is 7.99. The first-order valence-electron chi connectivity index (χ1n) is 6.06. The molecule has 0 saturated heterocycles. The molecule has 8 heteroatoms. The third-order valence-corrected chi connectivity index (χ3v) is 3.85. The largest absolute Gasteiger partial charge is 0.495 e. The summed E-state index contributed by atoms with van der Waals surface area (Å²) in [5.41, 5.74) is 1.19. The van der Waals surface area contributed by atoms with Gasteiger partial charge in [0.05, 0.1) is 17.9 Å². The summed E-state index contributed by atoms with van der Waals surface area (Å²) in [6.45, 7) is 0. The second kappa shape index (κ2) is 7.24. The lowest BCUT2D eigenvalue weighted by atomic mass is 10.3. The monoisotopic (exact) mass is 327 g/mol. The zero-order valence-corrected chi connectivity index (χ0v) is 12.8. The fourth-order valence-electron chi connectivity index (χ4n) is 1.64. The highest BCUT2D eigenvalue weighted by Crippen LogP contribution is 2.27. The third kappa shape index (κ3) is 4.57. The van der Waals surface area contributed by atoms with Crippen LogP contribution in [0.4, 0.5) is 5.69 Å². The lowest BCUT2D eigenvalue weighted by Gasteiger charge is -2.07. The quantitative estimate of drug-likeness (QED) is 0.759. The van der Waals surface area contributed by atoms with E-state index >= 15 is 0 Å². The van der Waals surface area contributed by atoms with Gasteiger partial charge in [0.2, 0.25) is 5.91 Å². The summed E-state index contributed by atoms with van der Waals surface area (Å²) in [5.74, 6) is 1.24. The highest BCUT2D eigenvalue weighted by Gasteiger charge is 2.06. The number of methoxy groups -OCH3 is 1. The highest BCUT2D eigenvalue weighted by atomic mass is 35.5. The van der Waals surface area contributed by atoms with Gasteiger partial charge in [0.15, 0.2) is 0 Å². The number of H-pyrrole nitrogens is 2. The number of halogens is 1. The van der Waals surface area contributed by atoms with Crippen molar-refractivity contribution in [3.05, 3.63) is 45.3 Å². The Bertz CT molecular complexity index is 683. The number of benzene rings is 1. The van der Waals surface area contributed by atoms with Gasteiger partial charge in [-0.2, -0.15) is 0 Å². The number of hydrogen-bond acceptors (Lipinski definition) is 4. The van der Waals surface area contributed by atoms with E-state index in [1.54, 1.807) is 18.2 Å². The van der Waals surface area contributed by atoms with Crippen molar-refractivity contribution in [1.82, 2.24) is 10.2 Å². The van der Waals surface area contributed by atoms with Crippen molar-refractivity contribution < 1.29 is 9.53 Å². The summed E-state index contributed by atoms with van der Waals surface area (Å²) < 4.78 is 5.04. The number of aromatic amines is 2. The number of rotatable bonds is 6. The molecule has 3 N–H and O–H groups in total. The maximum atomic E-state index is 11.8. The van der Waals surface area contributed by atoms with Gasteiger partial charge in [-0.3, -0.25) is 14.7 Å². The van der Waals surface area contributed by atoms with Gasteiger partial charge in [-0.05, 0) is 18.2 Å². The Balaban J connectivity index is 1.81. The number of hydrogen-bond donors (Lipinski definition) is 3. The molecule has 1 aromatic carbocycles. The maximum Gasteiger partial charge on any atom is 0.264 e. The van der Waals surface area contributed by atoms with Crippen molar-refractivity contribution in [2.75, 3.05) is 18.2 Å². The van der Waals surface area contributed by atoms with Crippen LogP contribution in [0.25, 0.3) is 0 Å². The predicted octanol–water partition coefficient (Wildman–Crippen LogP) is 2.24. The van der Waals surface area contributed by atoms with E-state index in [0.717, 1.165) is 5.69 Å². The van der Waals surface area contributed by atoms with Crippen molar-refractivity contribution in [1.29, 1.82) is 0 Å². The molecule has 2 rings (SSSR count). The number of anilines is 1. The van der Waals surface area contributed by atoms with Gasteiger partial charge in [0, 0.05) is 23.2 Å². The van der Waals surface area contributed by atoms with Crippen LogP contribution in [0.2, 0.25) is 5.02 Å². The minimum atomic E-state index is -0.178. The molecule has 0 unspecified atom stereocenters. The van der Waals surface area contributed by atoms with Crippen LogP contribution in [0.3, 0.4) is 0 Å². The van der Waals surface area contributed by atoms with Crippen LogP contribution < -0.4 is 15.6 Å². The lowest BCUT2D eigenvalue weighted by Crippen LogP contribution is -2.14. The van der Waals surface area contributed by atoms with E-state index < -0.39 is 0 Å². The van der Waals surface area contributed by atoms with Crippen LogP contribution in [-0.4, -0.2) is 29.0 Å². The molecule has 0 saturated carbocycles. The first-order valence-corrected chi connectivity index (χ1v) is 7.59. The summed E-state index contributed by atoms with van der Waals surface area (Å²) in [5, 5.41) is 8.35. The molecule has 0 fully saturated rings. The summed E-state index contributed by atoms with van der Waals surface area (Å²) >= 11 is 7.38. The van der Waals surface area contributed by atoms with Gasteiger partial charge >= 0.3 is 0 Å². The Morgan fingerprint density at radius 3 is 2.81 bits per heavy atom. The normalized spacial score (nSPS) is 10.4. The molecule has 21 heavy (non-hydrogen) atoms. The second-order valence-corrected chi connectivity index (χ2v) is 5.57. The fraction of sp³-hybridized carbons (Fsp3) is 0.231. The second-order valence-electron chi connectivity index (χ2n) is 4.17. The average Bonchev–Trinajstić information content (AvgIpc) is 2.84. The van der Waals surface area contributed by atoms with Crippen molar-refractivity contribution in [2.24, 2.45) is 0 Å². The number of amides is 1. The smallest absolute Gasteiger partial charge is 0.264 e. The van der Waals surface area contributed by atoms with E-state index in [1.165, 1.54) is 24.9 Å². The number of aromatic nitrogens is 2. The van der Waals surface area contributed by atoms with E-state index in [9.17, 15) is 9.59 Å². The van der Waals surface area contributed by atoms with Gasteiger partial charge < -0.3 is 15.2 Å². The van der Waals surface area contributed by atoms with Gasteiger partial charge in [0.1, 0.15) is 5.75 Å². The Hall–Kier alpha value is -1.86. The minimum absolute atomic E-state index is 0.140. The first-order chi connectivity index (χ1) is 10.1. The molecular weight excluding hydrogens is 314 g/mol.